The quantitative estimate of drug-likeness (QED) is 0.0228. The van der Waals surface area contributed by atoms with Crippen molar-refractivity contribution in [3.8, 4) is 0 Å². The molecule has 0 bridgehead atoms. The van der Waals surface area contributed by atoms with E-state index in [-0.39, 0.29) is 25.9 Å². The molecule has 1 rings (SSSR count). The lowest BCUT2D eigenvalue weighted by Crippen LogP contribution is -2.61. The van der Waals surface area contributed by atoms with Crippen LogP contribution in [-0.4, -0.2) is 89.2 Å². The zero-order chi connectivity index (χ0) is 58.9. The number of rotatable bonds is 51. The highest BCUT2D eigenvalue weighted by atomic mass is 16.7. The van der Waals surface area contributed by atoms with Crippen LogP contribution < -0.4 is 0 Å². The molecule has 6 unspecified atom stereocenters. The van der Waals surface area contributed by atoms with E-state index in [1.54, 1.807) is 6.08 Å². The van der Waals surface area contributed by atoms with E-state index in [2.05, 4.69) is 130 Å². The van der Waals surface area contributed by atoms with Crippen LogP contribution in [0.4, 0.5) is 0 Å². The van der Waals surface area contributed by atoms with Gasteiger partial charge in [-0.25, -0.2) is 4.79 Å². The first kappa shape index (κ1) is 73.9. The first-order chi connectivity index (χ1) is 39.6. The summed E-state index contributed by atoms with van der Waals surface area (Å²) in [5.74, 6) is -3.33. The Morgan fingerprint density at radius 1 is 0.432 bits per heavy atom. The molecular weight excluding hydrogens is 1020 g/mol. The molecule has 1 aliphatic rings. The topological polar surface area (TPSA) is 175 Å². The molecule has 1 aliphatic heterocycles. The van der Waals surface area contributed by atoms with Gasteiger partial charge in [-0.3, -0.25) is 14.4 Å². The van der Waals surface area contributed by atoms with E-state index in [9.17, 15) is 34.5 Å². The van der Waals surface area contributed by atoms with Crippen molar-refractivity contribution in [2.45, 2.75) is 263 Å². The summed E-state index contributed by atoms with van der Waals surface area (Å²) < 4.78 is 28.3. The lowest BCUT2D eigenvalue weighted by molar-refractivity contribution is -0.301. The van der Waals surface area contributed by atoms with E-state index >= 15 is 0 Å². The number of carboxylic acid groups (broad SMARTS) is 1. The molecule has 0 radical (unpaired) electrons. The third-order valence-corrected chi connectivity index (χ3v) is 13.2. The zero-order valence-corrected chi connectivity index (χ0v) is 50.2. The van der Waals surface area contributed by atoms with Crippen molar-refractivity contribution in [2.24, 2.45) is 0 Å². The fourth-order valence-corrected chi connectivity index (χ4v) is 8.52. The Balaban J connectivity index is 2.74. The van der Waals surface area contributed by atoms with Gasteiger partial charge in [0.15, 0.2) is 24.6 Å². The van der Waals surface area contributed by atoms with Gasteiger partial charge in [-0.05, 0) is 116 Å². The number of hydrogen-bond donors (Lipinski definition) is 3. The van der Waals surface area contributed by atoms with Crippen LogP contribution in [0.1, 0.15) is 226 Å². The average Bonchev–Trinajstić information content (AvgIpc) is 3.53. The second-order valence-corrected chi connectivity index (χ2v) is 20.6. The molecule has 0 saturated carbocycles. The highest BCUT2D eigenvalue weighted by molar-refractivity contribution is 5.74. The molecule has 12 heteroatoms. The highest BCUT2D eigenvalue weighted by Crippen LogP contribution is 2.26. The van der Waals surface area contributed by atoms with Gasteiger partial charge in [-0.2, -0.15) is 0 Å². The van der Waals surface area contributed by atoms with Crippen molar-refractivity contribution in [1.82, 2.24) is 0 Å². The van der Waals surface area contributed by atoms with Crippen LogP contribution in [-0.2, 0) is 42.9 Å². The van der Waals surface area contributed by atoms with Crippen LogP contribution in [0.25, 0.3) is 0 Å². The summed E-state index contributed by atoms with van der Waals surface area (Å²) in [6.45, 7) is 5.64. The van der Waals surface area contributed by atoms with Crippen molar-refractivity contribution >= 4 is 23.9 Å². The van der Waals surface area contributed by atoms with Gasteiger partial charge in [0.25, 0.3) is 0 Å². The van der Waals surface area contributed by atoms with Gasteiger partial charge < -0.3 is 39.0 Å². The van der Waals surface area contributed by atoms with E-state index < -0.39 is 67.3 Å². The Morgan fingerprint density at radius 3 is 1.25 bits per heavy atom. The second-order valence-electron chi connectivity index (χ2n) is 20.6. The normalized spacial score (nSPS) is 18.7. The van der Waals surface area contributed by atoms with E-state index in [1.807, 2.05) is 18.2 Å². The van der Waals surface area contributed by atoms with Gasteiger partial charge in [0, 0.05) is 12.8 Å². The van der Waals surface area contributed by atoms with Gasteiger partial charge in [-0.1, -0.05) is 225 Å². The molecule has 6 atom stereocenters. The number of ether oxygens (including phenoxy) is 5. The number of allylic oxidation sites excluding steroid dienone is 21. The van der Waals surface area contributed by atoms with Gasteiger partial charge in [-0.15, -0.1) is 0 Å². The van der Waals surface area contributed by atoms with Crippen molar-refractivity contribution in [3.63, 3.8) is 0 Å². The van der Waals surface area contributed by atoms with E-state index in [0.29, 0.717) is 19.3 Å². The van der Waals surface area contributed by atoms with Crippen LogP contribution in [0.3, 0.4) is 0 Å². The highest BCUT2D eigenvalue weighted by Gasteiger charge is 2.50. The number of carboxylic acids is 1. The fraction of sp³-hybridized carbons (Fsp3) is 0.623. The average molecular weight is 1130 g/mol. The molecule has 1 fully saturated rings. The number of carbonyl (C=O) groups excluding carboxylic acids is 3. The maximum absolute atomic E-state index is 13.1. The second kappa shape index (κ2) is 55.4. The largest absolute Gasteiger partial charge is 0.479 e. The zero-order valence-electron chi connectivity index (χ0n) is 50.2. The number of esters is 3. The Bertz CT molecular complexity index is 1920. The van der Waals surface area contributed by atoms with E-state index in [1.165, 1.54) is 25.7 Å². The summed E-state index contributed by atoms with van der Waals surface area (Å²) in [7, 11) is 0. The Labute approximate surface area is 490 Å². The molecular formula is C69H108O12. The fourth-order valence-electron chi connectivity index (χ4n) is 8.52. The maximum Gasteiger partial charge on any atom is 0.335 e. The van der Waals surface area contributed by atoms with Crippen LogP contribution in [0.2, 0.25) is 0 Å². The molecule has 0 aromatic carbocycles. The monoisotopic (exact) mass is 1130 g/mol. The predicted octanol–water partition coefficient (Wildman–Crippen LogP) is 16.6. The minimum absolute atomic E-state index is 0.0301. The summed E-state index contributed by atoms with van der Waals surface area (Å²) in [4.78, 5) is 51.2. The summed E-state index contributed by atoms with van der Waals surface area (Å²) in [5.41, 5.74) is 0. The number of aliphatic hydroxyl groups is 2. The van der Waals surface area contributed by atoms with E-state index in [0.717, 1.165) is 141 Å². The van der Waals surface area contributed by atoms with E-state index in [4.69, 9.17) is 23.7 Å². The lowest BCUT2D eigenvalue weighted by Gasteiger charge is -2.40. The summed E-state index contributed by atoms with van der Waals surface area (Å²) >= 11 is 0. The molecule has 0 spiro atoms. The third kappa shape index (κ3) is 45.1. The Kier molecular flexibility index (Phi) is 50.5. The lowest BCUT2D eigenvalue weighted by atomic mass is 9.98. The van der Waals surface area contributed by atoms with Crippen LogP contribution in [0.15, 0.2) is 134 Å². The predicted molar refractivity (Wildman–Crippen MR) is 330 cm³/mol. The molecule has 0 amide bonds. The summed E-state index contributed by atoms with van der Waals surface area (Å²) in [6.07, 6.45) is 65.8. The first-order valence-corrected chi connectivity index (χ1v) is 31.2. The smallest absolute Gasteiger partial charge is 0.335 e. The molecule has 3 N–H and O–H groups in total. The number of unbranched alkanes of at least 4 members (excludes halogenated alkanes) is 16. The standard InChI is InChI=1S/C69H108O12/c1-4-7-10-13-16-19-22-25-28-30-31-33-35-37-40-43-46-49-52-55-61(70)77-58-60(79-62(71)56-53-50-47-44-41-38-34-27-24-21-18-15-12-9-6-3)59-78-69-67(65(74)64(73)66(81-69)68(75)76)80-63(72)57-54-51-48-45-42-39-36-32-29-26-23-20-17-14-11-8-5-2/h8-9,11-12,16-21,25-29,31,33-34,41,44,50,53,60,64-67,69,73-74H,4-7,10,13-15,22-24,30,32,35-40,42-43,45-49,51-52,54-59H2,1-3H3,(H,75,76)/b11-8-,12-9-,19-16-,20-17-,21-18-,28-25-,29-26-,33-31-,34-27-,44-41-,53-50-. The number of aliphatic hydroxyl groups excluding tert-OH is 2. The third-order valence-electron chi connectivity index (χ3n) is 13.2. The summed E-state index contributed by atoms with van der Waals surface area (Å²) in [6, 6.07) is 0. The van der Waals surface area contributed by atoms with Gasteiger partial charge in [0.2, 0.25) is 0 Å². The minimum Gasteiger partial charge on any atom is -0.479 e. The Hall–Kier alpha value is -5.14. The molecule has 1 saturated heterocycles. The van der Waals surface area contributed by atoms with Gasteiger partial charge in [0.1, 0.15) is 18.8 Å². The number of aliphatic carboxylic acids is 1. The SMILES string of the molecule is CC/C=C\C/C=C\C/C=C\C/C=C\C/C=C\CC(=O)OC(COC(=O)CCCCCCCC/C=C\C/C=C\C/C=C\CCCCC)COC1OC(C(=O)O)C(O)C(O)C1OC(=O)CCCCCCCCC/C=C\C/C=C\C/C=C\CC. The number of carbonyl (C=O) groups is 4. The van der Waals surface area contributed by atoms with Gasteiger partial charge >= 0.3 is 23.9 Å². The number of hydrogen-bond acceptors (Lipinski definition) is 11. The van der Waals surface area contributed by atoms with Crippen molar-refractivity contribution in [3.05, 3.63) is 134 Å². The van der Waals surface area contributed by atoms with Crippen LogP contribution >= 0.6 is 0 Å². The van der Waals surface area contributed by atoms with Crippen molar-refractivity contribution in [1.29, 1.82) is 0 Å². The molecule has 456 valence electrons. The van der Waals surface area contributed by atoms with Gasteiger partial charge in [0.05, 0.1) is 13.0 Å². The molecule has 0 aliphatic carbocycles. The molecule has 12 nitrogen and oxygen atoms in total. The van der Waals surface area contributed by atoms with Crippen molar-refractivity contribution < 1.29 is 58.2 Å². The molecule has 1 heterocycles. The maximum atomic E-state index is 13.1. The Morgan fingerprint density at radius 2 is 0.815 bits per heavy atom. The summed E-state index contributed by atoms with van der Waals surface area (Å²) in [5, 5.41) is 31.5. The molecule has 81 heavy (non-hydrogen) atoms. The van der Waals surface area contributed by atoms with Crippen LogP contribution in [0, 0.1) is 0 Å². The molecule has 0 aromatic rings. The minimum atomic E-state index is -1.93. The first-order valence-electron chi connectivity index (χ1n) is 31.2. The van der Waals surface area contributed by atoms with Crippen LogP contribution in [0.5, 0.6) is 0 Å². The van der Waals surface area contributed by atoms with Crippen molar-refractivity contribution in [2.75, 3.05) is 13.2 Å². The molecule has 0 aromatic heterocycles.